The third-order valence-electron chi connectivity index (χ3n) is 9.34. The monoisotopic (exact) mass is 584 g/mol. The van der Waals surface area contributed by atoms with Gasteiger partial charge in [0.05, 0.1) is 10.9 Å². The molecule has 0 amide bonds. The third-order valence-corrected chi connectivity index (χ3v) is 9.65. The van der Waals surface area contributed by atoms with Crippen LogP contribution in [0.4, 0.5) is 14.6 Å². The van der Waals surface area contributed by atoms with Crippen LogP contribution in [-0.4, -0.2) is 81.5 Å². The van der Waals surface area contributed by atoms with Crippen molar-refractivity contribution in [3.05, 3.63) is 34.7 Å². The number of halogens is 3. The number of nitrogens with zero attached hydrogens (tertiary/aromatic N) is 5. The molecule has 8 nitrogen and oxygen atoms in total. The Morgan fingerprint density at radius 2 is 1.98 bits per heavy atom. The smallest absolute Gasteiger partial charge is 0.319 e. The van der Waals surface area contributed by atoms with Crippen molar-refractivity contribution in [2.24, 2.45) is 0 Å². The van der Waals surface area contributed by atoms with Gasteiger partial charge in [-0.05, 0) is 55.8 Å². The highest BCUT2D eigenvalue weighted by Crippen LogP contribution is 2.42. The van der Waals surface area contributed by atoms with E-state index in [0.717, 1.165) is 45.3 Å². The number of ether oxygens (including phenoxy) is 1. The van der Waals surface area contributed by atoms with E-state index in [-0.39, 0.29) is 41.0 Å². The minimum atomic E-state index is -0.876. The predicted molar refractivity (Wildman–Crippen MR) is 154 cm³/mol. The first-order chi connectivity index (χ1) is 19.7. The summed E-state index contributed by atoms with van der Waals surface area (Å²) in [6.07, 6.45) is 5.19. The number of phenols is 1. The number of fused-ring (bicyclic) bond motifs is 4. The molecule has 0 unspecified atom stereocenters. The van der Waals surface area contributed by atoms with Gasteiger partial charge in [-0.25, -0.2) is 8.78 Å². The molecule has 4 fully saturated rings. The lowest BCUT2D eigenvalue weighted by Crippen LogP contribution is -2.51. The maximum Gasteiger partial charge on any atom is 0.319 e. The van der Waals surface area contributed by atoms with Crippen LogP contribution in [0.15, 0.2) is 18.3 Å². The highest BCUT2D eigenvalue weighted by molar-refractivity contribution is 6.32. The van der Waals surface area contributed by atoms with Crippen molar-refractivity contribution in [1.82, 2.24) is 25.2 Å². The van der Waals surface area contributed by atoms with Crippen molar-refractivity contribution in [3.63, 3.8) is 0 Å². The number of anilines is 1. The van der Waals surface area contributed by atoms with Crippen molar-refractivity contribution in [3.8, 4) is 23.0 Å². The summed E-state index contributed by atoms with van der Waals surface area (Å²) in [5.74, 6) is -0.133. The van der Waals surface area contributed by atoms with E-state index in [0.29, 0.717) is 52.4 Å². The van der Waals surface area contributed by atoms with Crippen molar-refractivity contribution in [2.45, 2.75) is 75.7 Å². The Balaban J connectivity index is 1.34. The van der Waals surface area contributed by atoms with Gasteiger partial charge in [0.15, 0.2) is 5.82 Å². The lowest BCUT2D eigenvalue weighted by atomic mass is 9.94. The summed E-state index contributed by atoms with van der Waals surface area (Å²) in [6.45, 7) is 6.93. The second-order valence-corrected chi connectivity index (χ2v) is 12.9. The standard InChI is InChI=1S/C30H35ClF2N6O2/c1-16(2)24-21(8-20(40)9-23(24)31)26-25(33)27-22(11-34-26)28(38-13-18-4-5-19(14-38)35-18)37-29(36-27)41-15-30-6-3-7-39(30)12-17(32)10-30/h8-9,11,16-19,35,40H,3-7,10,12-15H2,1-2H3/t17-,18-,19+,30+/m1/s1. The zero-order chi connectivity index (χ0) is 28.5. The Hall–Kier alpha value is -2.82. The van der Waals surface area contributed by atoms with Crippen LogP contribution in [0.5, 0.6) is 11.8 Å². The number of pyridine rings is 1. The van der Waals surface area contributed by atoms with Gasteiger partial charge in [-0.1, -0.05) is 25.4 Å². The summed E-state index contributed by atoms with van der Waals surface area (Å²) in [5, 5.41) is 14.8. The molecule has 2 bridgehead atoms. The predicted octanol–water partition coefficient (Wildman–Crippen LogP) is 5.21. The second-order valence-electron chi connectivity index (χ2n) is 12.5. The highest BCUT2D eigenvalue weighted by Gasteiger charge is 2.49. The van der Waals surface area contributed by atoms with Crippen LogP contribution in [0.25, 0.3) is 22.2 Å². The molecule has 0 saturated carbocycles. The summed E-state index contributed by atoms with van der Waals surface area (Å²) < 4.78 is 37.2. The number of phenolic OH excluding ortho intramolecular Hbond substituents is 1. The normalized spacial score (nSPS) is 27.8. The number of nitrogens with one attached hydrogen (secondary N) is 1. The maximum atomic E-state index is 16.5. The molecular formula is C30H35ClF2N6O2. The molecule has 7 rings (SSSR count). The van der Waals surface area contributed by atoms with Gasteiger partial charge in [0, 0.05) is 54.9 Å². The summed E-state index contributed by atoms with van der Waals surface area (Å²) in [4.78, 5) is 18.3. The largest absolute Gasteiger partial charge is 0.508 e. The molecular weight excluding hydrogens is 550 g/mol. The number of benzene rings is 1. The van der Waals surface area contributed by atoms with Crippen molar-refractivity contribution in [1.29, 1.82) is 0 Å². The van der Waals surface area contributed by atoms with E-state index in [1.807, 2.05) is 13.8 Å². The first-order valence-electron chi connectivity index (χ1n) is 14.6. The van der Waals surface area contributed by atoms with Crippen molar-refractivity contribution < 1.29 is 18.6 Å². The quantitative estimate of drug-likeness (QED) is 0.408. The molecule has 0 aliphatic carbocycles. The number of alkyl halides is 1. The zero-order valence-electron chi connectivity index (χ0n) is 23.3. The Labute approximate surface area is 243 Å². The summed E-state index contributed by atoms with van der Waals surface area (Å²) in [6, 6.07) is 3.72. The van der Waals surface area contributed by atoms with Crippen LogP contribution in [-0.2, 0) is 0 Å². The van der Waals surface area contributed by atoms with Gasteiger partial charge in [0.25, 0.3) is 0 Å². The first kappa shape index (κ1) is 27.0. The molecule has 0 spiro atoms. The van der Waals surface area contributed by atoms with E-state index in [1.165, 1.54) is 12.1 Å². The molecule has 218 valence electrons. The lowest BCUT2D eigenvalue weighted by Gasteiger charge is -2.34. The average Bonchev–Trinajstić information content (AvgIpc) is 3.57. The Kier molecular flexibility index (Phi) is 6.71. The Bertz CT molecular complexity index is 1500. The van der Waals surface area contributed by atoms with Gasteiger partial charge in [-0.2, -0.15) is 9.97 Å². The van der Waals surface area contributed by atoms with Crippen LogP contribution in [0.3, 0.4) is 0 Å². The Morgan fingerprint density at radius 1 is 1.20 bits per heavy atom. The molecule has 41 heavy (non-hydrogen) atoms. The molecule has 2 N–H and O–H groups in total. The fraction of sp³-hybridized carbons (Fsp3) is 0.567. The van der Waals surface area contributed by atoms with Crippen LogP contribution in [0.1, 0.15) is 57.4 Å². The summed E-state index contributed by atoms with van der Waals surface area (Å²) in [7, 11) is 0. The van der Waals surface area contributed by atoms with Crippen LogP contribution in [0.2, 0.25) is 5.02 Å². The fourth-order valence-electron chi connectivity index (χ4n) is 7.52. The van der Waals surface area contributed by atoms with Gasteiger partial charge in [-0.15, -0.1) is 0 Å². The molecule has 11 heteroatoms. The molecule has 4 saturated heterocycles. The van der Waals surface area contributed by atoms with E-state index in [2.05, 4.69) is 25.1 Å². The van der Waals surface area contributed by atoms with Gasteiger partial charge in [0.1, 0.15) is 35.6 Å². The van der Waals surface area contributed by atoms with Crippen molar-refractivity contribution in [2.75, 3.05) is 37.7 Å². The molecule has 3 aromatic rings. The molecule has 6 heterocycles. The SMILES string of the molecule is CC(C)c1c(Cl)cc(O)cc1-c1ncc2c(N3C[C@H]4CC[C@@H](C3)N4)nc(OC[C@@]34CCCN3C[C@H](F)C4)nc2c1F. The van der Waals surface area contributed by atoms with Gasteiger partial charge in [-0.3, -0.25) is 9.88 Å². The van der Waals surface area contributed by atoms with Gasteiger partial charge >= 0.3 is 6.01 Å². The zero-order valence-corrected chi connectivity index (χ0v) is 24.1. The molecule has 4 aliphatic heterocycles. The molecule has 4 aliphatic rings. The number of aromatic nitrogens is 3. The third kappa shape index (κ3) is 4.68. The van der Waals surface area contributed by atoms with Crippen LogP contribution < -0.4 is 15.0 Å². The lowest BCUT2D eigenvalue weighted by molar-refractivity contribution is 0.107. The van der Waals surface area contributed by atoms with E-state index >= 15 is 4.39 Å². The highest BCUT2D eigenvalue weighted by atomic mass is 35.5. The number of hydrogen-bond acceptors (Lipinski definition) is 8. The number of aromatic hydroxyl groups is 1. The summed E-state index contributed by atoms with van der Waals surface area (Å²) in [5.41, 5.74) is 0.908. The van der Waals surface area contributed by atoms with Gasteiger partial charge < -0.3 is 20.1 Å². The van der Waals surface area contributed by atoms with E-state index in [4.69, 9.17) is 21.3 Å². The fourth-order valence-corrected chi connectivity index (χ4v) is 7.95. The average molecular weight is 585 g/mol. The molecule has 1 aromatic carbocycles. The Morgan fingerprint density at radius 3 is 2.73 bits per heavy atom. The van der Waals surface area contributed by atoms with Crippen LogP contribution in [0, 0.1) is 5.82 Å². The molecule has 2 aromatic heterocycles. The molecule has 0 radical (unpaired) electrons. The summed E-state index contributed by atoms with van der Waals surface area (Å²) >= 11 is 6.49. The topological polar surface area (TPSA) is 86.6 Å². The van der Waals surface area contributed by atoms with E-state index in [1.54, 1.807) is 6.20 Å². The van der Waals surface area contributed by atoms with Gasteiger partial charge in [0.2, 0.25) is 0 Å². The maximum absolute atomic E-state index is 16.5. The second kappa shape index (κ2) is 10.2. The molecule has 4 atom stereocenters. The van der Waals surface area contributed by atoms with Crippen molar-refractivity contribution >= 4 is 28.3 Å². The van der Waals surface area contributed by atoms with E-state index in [9.17, 15) is 9.50 Å². The number of piperazine rings is 1. The number of rotatable bonds is 6. The minimum absolute atomic E-state index is 0.0365. The number of hydrogen-bond donors (Lipinski definition) is 2. The van der Waals surface area contributed by atoms with E-state index < -0.39 is 12.0 Å². The van der Waals surface area contributed by atoms with Crippen LogP contribution >= 0.6 is 11.6 Å². The first-order valence-corrected chi connectivity index (χ1v) is 15.0. The minimum Gasteiger partial charge on any atom is -0.508 e.